The summed E-state index contributed by atoms with van der Waals surface area (Å²) >= 11 is 3.44. The lowest BCUT2D eigenvalue weighted by Crippen LogP contribution is -2.23. The van der Waals surface area contributed by atoms with Gasteiger partial charge in [0.1, 0.15) is 0 Å². The molecule has 2 aromatic rings. The molecule has 4 heteroatoms. The van der Waals surface area contributed by atoms with Crippen molar-refractivity contribution in [1.82, 2.24) is 5.32 Å². The number of nitrogens with one attached hydrogen (secondary N) is 1. The molecule has 0 amide bonds. The van der Waals surface area contributed by atoms with Crippen molar-refractivity contribution in [2.24, 2.45) is 0 Å². The fourth-order valence-corrected chi connectivity index (χ4v) is 2.50. The van der Waals surface area contributed by atoms with Gasteiger partial charge in [0, 0.05) is 4.47 Å². The average molecular weight is 352 g/mol. The minimum Gasteiger partial charge on any atom is -0.494 e. The third-order valence-electron chi connectivity index (χ3n) is 3.31. The van der Waals surface area contributed by atoms with Crippen molar-refractivity contribution in [2.45, 2.75) is 19.4 Å². The van der Waals surface area contributed by atoms with Crippen LogP contribution in [0.15, 0.2) is 46.9 Å². The van der Waals surface area contributed by atoms with Gasteiger partial charge in [0.05, 0.1) is 13.2 Å². The molecular formula is C17H19BrFNO. The molecule has 112 valence electrons. The van der Waals surface area contributed by atoms with Crippen molar-refractivity contribution < 1.29 is 9.13 Å². The van der Waals surface area contributed by atoms with E-state index < -0.39 is 0 Å². The SMILES string of the molecule is CCCNC(c1ccc(Br)cc1)c1ccc(OC)c(F)c1. The summed E-state index contributed by atoms with van der Waals surface area (Å²) in [5.41, 5.74) is 2.00. The van der Waals surface area contributed by atoms with E-state index in [4.69, 9.17) is 4.74 Å². The van der Waals surface area contributed by atoms with Gasteiger partial charge in [-0.3, -0.25) is 0 Å². The zero-order chi connectivity index (χ0) is 15.2. The third kappa shape index (κ3) is 4.05. The lowest BCUT2D eigenvalue weighted by atomic mass is 9.98. The van der Waals surface area contributed by atoms with Crippen LogP contribution in [0.25, 0.3) is 0 Å². The van der Waals surface area contributed by atoms with Gasteiger partial charge < -0.3 is 10.1 Å². The van der Waals surface area contributed by atoms with E-state index >= 15 is 0 Å². The molecular weight excluding hydrogens is 333 g/mol. The van der Waals surface area contributed by atoms with Gasteiger partial charge >= 0.3 is 0 Å². The standard InChI is InChI=1S/C17H19BrFNO/c1-3-10-20-17(12-4-7-14(18)8-5-12)13-6-9-16(21-2)15(19)11-13/h4-9,11,17,20H,3,10H2,1-2H3. The van der Waals surface area contributed by atoms with Crippen molar-refractivity contribution >= 4 is 15.9 Å². The van der Waals surface area contributed by atoms with Crippen molar-refractivity contribution in [1.29, 1.82) is 0 Å². The van der Waals surface area contributed by atoms with Crippen molar-refractivity contribution in [3.05, 3.63) is 63.9 Å². The monoisotopic (exact) mass is 351 g/mol. The Morgan fingerprint density at radius 1 is 1.14 bits per heavy atom. The molecule has 0 saturated carbocycles. The summed E-state index contributed by atoms with van der Waals surface area (Å²) in [6.45, 7) is 2.98. The van der Waals surface area contributed by atoms with Crippen LogP contribution in [0.5, 0.6) is 5.75 Å². The summed E-state index contributed by atoms with van der Waals surface area (Å²) < 4.78 is 20.0. The largest absolute Gasteiger partial charge is 0.494 e. The molecule has 2 nitrogen and oxygen atoms in total. The Hall–Kier alpha value is -1.39. The van der Waals surface area contributed by atoms with Crippen LogP contribution < -0.4 is 10.1 Å². The lowest BCUT2D eigenvalue weighted by Gasteiger charge is -2.20. The van der Waals surface area contributed by atoms with E-state index in [0.717, 1.165) is 28.6 Å². The molecule has 0 aliphatic carbocycles. The van der Waals surface area contributed by atoms with Crippen molar-refractivity contribution in [3.63, 3.8) is 0 Å². The van der Waals surface area contributed by atoms with Gasteiger partial charge in [-0.25, -0.2) is 4.39 Å². The summed E-state index contributed by atoms with van der Waals surface area (Å²) in [6, 6.07) is 13.2. The highest BCUT2D eigenvalue weighted by molar-refractivity contribution is 9.10. The van der Waals surface area contributed by atoms with Crippen LogP contribution in [0.4, 0.5) is 4.39 Å². The summed E-state index contributed by atoms with van der Waals surface area (Å²) in [5, 5.41) is 3.46. The van der Waals surface area contributed by atoms with Gasteiger partial charge in [-0.1, -0.05) is 41.1 Å². The average Bonchev–Trinajstić information content (AvgIpc) is 2.49. The normalized spacial score (nSPS) is 12.2. The van der Waals surface area contributed by atoms with Crippen LogP contribution in [0.1, 0.15) is 30.5 Å². The van der Waals surface area contributed by atoms with Gasteiger partial charge in [-0.15, -0.1) is 0 Å². The molecule has 0 aliphatic rings. The maximum atomic E-state index is 14.0. The maximum absolute atomic E-state index is 14.0. The Morgan fingerprint density at radius 2 is 1.81 bits per heavy atom. The molecule has 0 bridgehead atoms. The van der Waals surface area contributed by atoms with E-state index in [1.165, 1.54) is 13.2 Å². The first-order chi connectivity index (χ1) is 10.2. The van der Waals surface area contributed by atoms with Crippen LogP contribution in [0.2, 0.25) is 0 Å². The number of ether oxygens (including phenoxy) is 1. The van der Waals surface area contributed by atoms with Gasteiger partial charge in [-0.05, 0) is 48.4 Å². The summed E-state index contributed by atoms with van der Waals surface area (Å²) in [4.78, 5) is 0. The van der Waals surface area contributed by atoms with Gasteiger partial charge in [-0.2, -0.15) is 0 Å². The van der Waals surface area contributed by atoms with Crippen molar-refractivity contribution in [3.8, 4) is 5.75 Å². The fraction of sp³-hybridized carbons (Fsp3) is 0.294. The van der Waals surface area contributed by atoms with E-state index in [0.29, 0.717) is 0 Å². The number of benzene rings is 2. The zero-order valence-corrected chi connectivity index (χ0v) is 13.8. The Labute approximate surface area is 133 Å². The molecule has 0 saturated heterocycles. The molecule has 1 atom stereocenters. The minimum absolute atomic E-state index is 0.0292. The van der Waals surface area contributed by atoms with Crippen molar-refractivity contribution in [2.75, 3.05) is 13.7 Å². The van der Waals surface area contributed by atoms with Gasteiger partial charge in [0.2, 0.25) is 0 Å². The first-order valence-corrected chi connectivity index (χ1v) is 7.77. The Bertz CT molecular complexity index is 586. The molecule has 2 aromatic carbocycles. The predicted molar refractivity (Wildman–Crippen MR) is 87.2 cm³/mol. The van der Waals surface area contributed by atoms with Crippen LogP contribution in [-0.2, 0) is 0 Å². The predicted octanol–water partition coefficient (Wildman–Crippen LogP) is 4.69. The Morgan fingerprint density at radius 3 is 2.38 bits per heavy atom. The third-order valence-corrected chi connectivity index (χ3v) is 3.84. The van der Waals surface area contributed by atoms with Gasteiger partial charge in [0.15, 0.2) is 11.6 Å². The van der Waals surface area contributed by atoms with E-state index in [9.17, 15) is 4.39 Å². The van der Waals surface area contributed by atoms with E-state index in [1.807, 2.05) is 30.3 Å². The van der Waals surface area contributed by atoms with Crippen LogP contribution in [-0.4, -0.2) is 13.7 Å². The van der Waals surface area contributed by atoms with Crippen LogP contribution >= 0.6 is 15.9 Å². The second kappa shape index (κ2) is 7.57. The molecule has 1 unspecified atom stereocenters. The summed E-state index contributed by atoms with van der Waals surface area (Å²) in [7, 11) is 1.47. The molecule has 0 fully saturated rings. The Kier molecular flexibility index (Phi) is 5.76. The first-order valence-electron chi connectivity index (χ1n) is 6.98. The number of rotatable bonds is 6. The second-order valence-electron chi connectivity index (χ2n) is 4.83. The number of halogens is 2. The van der Waals surface area contributed by atoms with E-state index in [1.54, 1.807) is 6.07 Å². The first kappa shape index (κ1) is 16.0. The quantitative estimate of drug-likeness (QED) is 0.815. The highest BCUT2D eigenvalue weighted by Gasteiger charge is 2.15. The smallest absolute Gasteiger partial charge is 0.165 e. The highest BCUT2D eigenvalue weighted by Crippen LogP contribution is 2.27. The zero-order valence-electron chi connectivity index (χ0n) is 12.2. The molecule has 2 rings (SSSR count). The number of hydrogen-bond acceptors (Lipinski definition) is 2. The minimum atomic E-state index is -0.338. The topological polar surface area (TPSA) is 21.3 Å². The maximum Gasteiger partial charge on any atom is 0.165 e. The Balaban J connectivity index is 2.35. The molecule has 0 aromatic heterocycles. The second-order valence-corrected chi connectivity index (χ2v) is 5.75. The molecule has 0 spiro atoms. The lowest BCUT2D eigenvalue weighted by molar-refractivity contribution is 0.385. The number of methoxy groups -OCH3 is 1. The molecule has 0 heterocycles. The van der Waals surface area contributed by atoms with Gasteiger partial charge in [0.25, 0.3) is 0 Å². The molecule has 21 heavy (non-hydrogen) atoms. The van der Waals surface area contributed by atoms with Crippen LogP contribution in [0, 0.1) is 5.82 Å². The van der Waals surface area contributed by atoms with E-state index in [2.05, 4.69) is 28.2 Å². The molecule has 0 aliphatic heterocycles. The summed E-state index contributed by atoms with van der Waals surface area (Å²) in [6.07, 6.45) is 1.02. The van der Waals surface area contributed by atoms with Crippen LogP contribution in [0.3, 0.4) is 0 Å². The fourth-order valence-electron chi connectivity index (χ4n) is 2.23. The molecule has 1 N–H and O–H groups in total. The molecule has 0 radical (unpaired) electrons. The van der Waals surface area contributed by atoms with E-state index in [-0.39, 0.29) is 17.6 Å². The highest BCUT2D eigenvalue weighted by atomic mass is 79.9. The number of hydrogen-bond donors (Lipinski definition) is 1. The summed E-state index contributed by atoms with van der Waals surface area (Å²) in [5.74, 6) is -0.0702.